The van der Waals surface area contributed by atoms with Gasteiger partial charge in [-0.2, -0.15) is 0 Å². The standard InChI is InChI=1S/C13H26N2O.ClH/c1-9-4-6-12(7-5-9)8-15-13(16)10(2)11(3)14;/h9-12H,4-8,14H2,1-3H3,(H,15,16);1H. The van der Waals surface area contributed by atoms with Crippen LogP contribution in [0.1, 0.15) is 46.5 Å². The third kappa shape index (κ3) is 5.73. The summed E-state index contributed by atoms with van der Waals surface area (Å²) in [4.78, 5) is 11.7. The Morgan fingerprint density at radius 2 is 1.82 bits per heavy atom. The minimum Gasteiger partial charge on any atom is -0.356 e. The lowest BCUT2D eigenvalue weighted by Gasteiger charge is -2.27. The summed E-state index contributed by atoms with van der Waals surface area (Å²) in [5, 5.41) is 3.03. The quantitative estimate of drug-likeness (QED) is 0.817. The van der Waals surface area contributed by atoms with Crippen molar-refractivity contribution in [3.05, 3.63) is 0 Å². The zero-order valence-corrected chi connectivity index (χ0v) is 12.1. The molecule has 0 bridgehead atoms. The first-order chi connectivity index (χ1) is 7.50. The van der Waals surface area contributed by atoms with Crippen LogP contribution in [0.15, 0.2) is 0 Å². The van der Waals surface area contributed by atoms with Crippen molar-refractivity contribution in [2.45, 2.75) is 52.5 Å². The van der Waals surface area contributed by atoms with Gasteiger partial charge >= 0.3 is 0 Å². The van der Waals surface area contributed by atoms with E-state index in [2.05, 4.69) is 12.2 Å². The van der Waals surface area contributed by atoms with Crippen molar-refractivity contribution in [3.63, 3.8) is 0 Å². The topological polar surface area (TPSA) is 55.1 Å². The molecule has 102 valence electrons. The number of carbonyl (C=O) groups excluding carboxylic acids is 1. The predicted octanol–water partition coefficient (Wildman–Crippen LogP) is 2.33. The average molecular weight is 263 g/mol. The summed E-state index contributed by atoms with van der Waals surface area (Å²) in [5.41, 5.74) is 5.70. The van der Waals surface area contributed by atoms with E-state index in [1.165, 1.54) is 25.7 Å². The molecular formula is C13H27ClN2O. The Kier molecular flexibility index (Phi) is 7.80. The van der Waals surface area contributed by atoms with Crippen molar-refractivity contribution >= 4 is 18.3 Å². The van der Waals surface area contributed by atoms with E-state index >= 15 is 0 Å². The number of carbonyl (C=O) groups is 1. The van der Waals surface area contributed by atoms with Crippen molar-refractivity contribution < 1.29 is 4.79 Å². The van der Waals surface area contributed by atoms with E-state index in [0.717, 1.165) is 12.5 Å². The Balaban J connectivity index is 0.00000256. The molecule has 3 nitrogen and oxygen atoms in total. The maximum absolute atomic E-state index is 11.7. The Bertz CT molecular complexity index is 225. The van der Waals surface area contributed by atoms with E-state index in [4.69, 9.17) is 5.73 Å². The van der Waals surface area contributed by atoms with Crippen LogP contribution in [0.2, 0.25) is 0 Å². The molecule has 1 aliphatic rings. The molecule has 2 atom stereocenters. The van der Waals surface area contributed by atoms with Crippen LogP contribution >= 0.6 is 12.4 Å². The molecule has 1 rings (SSSR count). The Morgan fingerprint density at radius 1 is 1.29 bits per heavy atom. The maximum Gasteiger partial charge on any atom is 0.224 e. The van der Waals surface area contributed by atoms with E-state index in [1.807, 2.05) is 13.8 Å². The van der Waals surface area contributed by atoms with E-state index in [9.17, 15) is 4.79 Å². The molecule has 0 radical (unpaired) electrons. The molecule has 0 aromatic rings. The molecule has 0 spiro atoms. The number of hydrogen-bond donors (Lipinski definition) is 2. The Hall–Kier alpha value is -0.280. The first-order valence-electron chi connectivity index (χ1n) is 6.54. The van der Waals surface area contributed by atoms with Crippen molar-refractivity contribution in [2.24, 2.45) is 23.5 Å². The third-order valence-corrected chi connectivity index (χ3v) is 3.90. The first kappa shape index (κ1) is 16.7. The van der Waals surface area contributed by atoms with Gasteiger partial charge in [0.2, 0.25) is 5.91 Å². The second kappa shape index (κ2) is 7.93. The normalized spacial score (nSPS) is 27.8. The van der Waals surface area contributed by atoms with Crippen molar-refractivity contribution in [1.29, 1.82) is 0 Å². The molecule has 0 heterocycles. The highest BCUT2D eigenvalue weighted by atomic mass is 35.5. The van der Waals surface area contributed by atoms with Crippen LogP contribution in [-0.2, 0) is 4.79 Å². The van der Waals surface area contributed by atoms with Crippen molar-refractivity contribution in [2.75, 3.05) is 6.54 Å². The van der Waals surface area contributed by atoms with Gasteiger partial charge in [-0.1, -0.05) is 26.7 Å². The van der Waals surface area contributed by atoms with E-state index in [0.29, 0.717) is 5.92 Å². The van der Waals surface area contributed by atoms with Gasteiger partial charge in [-0.3, -0.25) is 4.79 Å². The molecule has 1 saturated carbocycles. The lowest BCUT2D eigenvalue weighted by molar-refractivity contribution is -0.125. The van der Waals surface area contributed by atoms with Crippen molar-refractivity contribution in [3.8, 4) is 0 Å². The average Bonchev–Trinajstić information content (AvgIpc) is 2.26. The molecule has 3 N–H and O–H groups in total. The van der Waals surface area contributed by atoms with Crippen LogP contribution in [0.4, 0.5) is 0 Å². The van der Waals surface area contributed by atoms with Crippen LogP contribution in [0.5, 0.6) is 0 Å². The number of nitrogens with two attached hydrogens (primary N) is 1. The smallest absolute Gasteiger partial charge is 0.224 e. The highest BCUT2D eigenvalue weighted by Crippen LogP contribution is 2.27. The van der Waals surface area contributed by atoms with Gasteiger partial charge in [0.25, 0.3) is 0 Å². The fourth-order valence-electron chi connectivity index (χ4n) is 2.18. The molecule has 2 unspecified atom stereocenters. The predicted molar refractivity (Wildman–Crippen MR) is 74.2 cm³/mol. The van der Waals surface area contributed by atoms with Gasteiger partial charge < -0.3 is 11.1 Å². The molecule has 0 aliphatic heterocycles. The summed E-state index contributed by atoms with van der Waals surface area (Å²) < 4.78 is 0. The van der Waals surface area contributed by atoms with Gasteiger partial charge in [0.05, 0.1) is 0 Å². The summed E-state index contributed by atoms with van der Waals surface area (Å²) in [6.45, 7) is 6.92. The lowest BCUT2D eigenvalue weighted by Crippen LogP contribution is -2.40. The van der Waals surface area contributed by atoms with Gasteiger partial charge in [-0.25, -0.2) is 0 Å². The molecule has 0 saturated heterocycles. The summed E-state index contributed by atoms with van der Waals surface area (Å²) in [6.07, 6.45) is 5.13. The monoisotopic (exact) mass is 262 g/mol. The SMILES string of the molecule is CC1CCC(CNC(=O)C(C)C(C)N)CC1.Cl. The lowest BCUT2D eigenvalue weighted by atomic mass is 9.83. The molecule has 4 heteroatoms. The fourth-order valence-corrected chi connectivity index (χ4v) is 2.18. The van der Waals surface area contributed by atoms with Crippen LogP contribution in [0.3, 0.4) is 0 Å². The minimum atomic E-state index is -0.0810. The Labute approximate surface area is 111 Å². The molecule has 0 aromatic carbocycles. The number of rotatable bonds is 4. The highest BCUT2D eigenvalue weighted by Gasteiger charge is 2.21. The maximum atomic E-state index is 11.7. The Morgan fingerprint density at radius 3 is 2.29 bits per heavy atom. The zero-order chi connectivity index (χ0) is 12.1. The third-order valence-electron chi connectivity index (χ3n) is 3.90. The second-order valence-corrected chi connectivity index (χ2v) is 5.52. The number of nitrogens with one attached hydrogen (secondary N) is 1. The molecule has 1 aliphatic carbocycles. The fraction of sp³-hybridized carbons (Fsp3) is 0.923. The summed E-state index contributed by atoms with van der Waals surface area (Å²) in [7, 11) is 0. The van der Waals surface area contributed by atoms with Crippen LogP contribution in [0, 0.1) is 17.8 Å². The molecule has 0 aromatic heterocycles. The number of hydrogen-bond acceptors (Lipinski definition) is 2. The molecule has 1 amide bonds. The van der Waals surface area contributed by atoms with Gasteiger partial charge in [-0.15, -0.1) is 12.4 Å². The van der Waals surface area contributed by atoms with Gasteiger partial charge in [0, 0.05) is 18.5 Å². The molecule has 17 heavy (non-hydrogen) atoms. The minimum absolute atomic E-state index is 0. The van der Waals surface area contributed by atoms with E-state index in [1.54, 1.807) is 0 Å². The van der Waals surface area contributed by atoms with Crippen molar-refractivity contribution in [1.82, 2.24) is 5.32 Å². The largest absolute Gasteiger partial charge is 0.356 e. The number of halogens is 1. The van der Waals surface area contributed by atoms with Gasteiger partial charge in [0.15, 0.2) is 0 Å². The summed E-state index contributed by atoms with van der Waals surface area (Å²) >= 11 is 0. The first-order valence-corrected chi connectivity index (χ1v) is 6.54. The summed E-state index contributed by atoms with van der Waals surface area (Å²) in [5.74, 6) is 1.58. The highest BCUT2D eigenvalue weighted by molar-refractivity contribution is 5.85. The van der Waals surface area contributed by atoms with Crippen LogP contribution < -0.4 is 11.1 Å². The zero-order valence-electron chi connectivity index (χ0n) is 11.2. The van der Waals surface area contributed by atoms with E-state index in [-0.39, 0.29) is 30.3 Å². The summed E-state index contributed by atoms with van der Waals surface area (Å²) in [6, 6.07) is -0.0635. The number of amides is 1. The van der Waals surface area contributed by atoms with Gasteiger partial charge in [-0.05, 0) is 31.6 Å². The van der Waals surface area contributed by atoms with Gasteiger partial charge in [0.1, 0.15) is 0 Å². The van der Waals surface area contributed by atoms with Crippen LogP contribution in [0.25, 0.3) is 0 Å². The van der Waals surface area contributed by atoms with E-state index < -0.39 is 0 Å². The van der Waals surface area contributed by atoms with Crippen LogP contribution in [-0.4, -0.2) is 18.5 Å². The molecule has 1 fully saturated rings. The molecular weight excluding hydrogens is 236 g/mol. The second-order valence-electron chi connectivity index (χ2n) is 5.52.